The highest BCUT2D eigenvalue weighted by Gasteiger charge is 2.21. The van der Waals surface area contributed by atoms with Crippen molar-refractivity contribution in [3.63, 3.8) is 0 Å². The minimum Gasteiger partial charge on any atom is -0.490 e. The molecule has 4 N–H and O–H groups in total. The first-order valence-corrected chi connectivity index (χ1v) is 15.1. The molecule has 0 bridgehead atoms. The molecule has 1 atom stereocenters. The molecule has 0 saturated heterocycles. The van der Waals surface area contributed by atoms with E-state index in [4.69, 9.17) is 37.5 Å². The molecule has 0 aliphatic rings. The SMILES string of the molecule is CC(C)[C@H](N)C(=O)OCCOc1ccc(-c2c(C#N)c(N)nc(SCc3csc(-c4ccc(Cl)cc4)n3)c2C#N)cc1. The first kappa shape index (κ1) is 30.8. The number of ether oxygens (including phenoxy) is 2. The number of nitriles is 2. The Morgan fingerprint density at radius 1 is 1.02 bits per heavy atom. The average molecular weight is 619 g/mol. The second kappa shape index (κ2) is 14.2. The zero-order valence-corrected chi connectivity index (χ0v) is 25.2. The van der Waals surface area contributed by atoms with E-state index in [2.05, 4.69) is 17.1 Å². The number of aromatic nitrogens is 2. The lowest BCUT2D eigenvalue weighted by Crippen LogP contribution is -2.37. The Hall–Kier alpha value is -4.13. The molecule has 2 aromatic carbocycles. The van der Waals surface area contributed by atoms with Crippen LogP contribution in [0.15, 0.2) is 58.9 Å². The lowest BCUT2D eigenvalue weighted by Gasteiger charge is -2.15. The maximum atomic E-state index is 11.9. The molecule has 42 heavy (non-hydrogen) atoms. The maximum absolute atomic E-state index is 11.9. The molecule has 0 fully saturated rings. The smallest absolute Gasteiger partial charge is 0.323 e. The predicted molar refractivity (Wildman–Crippen MR) is 165 cm³/mol. The van der Waals surface area contributed by atoms with Gasteiger partial charge in [0.15, 0.2) is 0 Å². The van der Waals surface area contributed by atoms with Gasteiger partial charge in [0.05, 0.1) is 11.3 Å². The average Bonchev–Trinajstić information content (AvgIpc) is 3.47. The van der Waals surface area contributed by atoms with E-state index in [1.807, 2.05) is 43.5 Å². The van der Waals surface area contributed by atoms with Crippen molar-refractivity contribution < 1.29 is 14.3 Å². The molecule has 0 amide bonds. The van der Waals surface area contributed by atoms with Crippen molar-refractivity contribution in [3.8, 4) is 39.6 Å². The van der Waals surface area contributed by atoms with Crippen LogP contribution >= 0.6 is 34.7 Å². The van der Waals surface area contributed by atoms with Gasteiger partial charge in [-0.15, -0.1) is 11.3 Å². The quantitative estimate of drug-likeness (QED) is 0.115. The molecular weight excluding hydrogens is 592 g/mol. The van der Waals surface area contributed by atoms with Crippen molar-refractivity contribution in [2.75, 3.05) is 18.9 Å². The highest BCUT2D eigenvalue weighted by molar-refractivity contribution is 7.98. The van der Waals surface area contributed by atoms with E-state index in [9.17, 15) is 15.3 Å². The third-order valence-electron chi connectivity index (χ3n) is 6.15. The van der Waals surface area contributed by atoms with Crippen LogP contribution in [0.4, 0.5) is 5.82 Å². The van der Waals surface area contributed by atoms with Gasteiger partial charge >= 0.3 is 5.97 Å². The van der Waals surface area contributed by atoms with Crippen LogP contribution in [0.3, 0.4) is 0 Å². The lowest BCUT2D eigenvalue weighted by atomic mass is 9.97. The number of hydrogen-bond acceptors (Lipinski definition) is 11. The third-order valence-corrected chi connectivity index (χ3v) is 8.35. The van der Waals surface area contributed by atoms with Crippen LogP contribution in [0.5, 0.6) is 5.75 Å². The molecule has 4 aromatic rings. The monoisotopic (exact) mass is 618 g/mol. The Bertz CT molecular complexity index is 1640. The fraction of sp³-hybridized carbons (Fsp3) is 0.233. The van der Waals surface area contributed by atoms with E-state index < -0.39 is 12.0 Å². The van der Waals surface area contributed by atoms with Crippen molar-refractivity contribution in [1.29, 1.82) is 10.5 Å². The van der Waals surface area contributed by atoms with Crippen LogP contribution in [0.1, 0.15) is 30.7 Å². The molecule has 0 saturated carbocycles. The number of carbonyl (C=O) groups is 1. The van der Waals surface area contributed by atoms with Crippen LogP contribution < -0.4 is 16.2 Å². The number of thiazole rings is 1. The van der Waals surface area contributed by atoms with Crippen molar-refractivity contribution in [2.45, 2.75) is 30.7 Å². The van der Waals surface area contributed by atoms with Crippen LogP contribution in [0.25, 0.3) is 21.7 Å². The summed E-state index contributed by atoms with van der Waals surface area (Å²) >= 11 is 8.83. The second-order valence-electron chi connectivity index (χ2n) is 9.40. The Labute approximate surface area is 257 Å². The molecule has 0 aliphatic carbocycles. The number of rotatable bonds is 11. The van der Waals surface area contributed by atoms with Gasteiger partial charge in [0, 0.05) is 27.3 Å². The Morgan fingerprint density at radius 3 is 2.33 bits per heavy atom. The molecule has 2 aromatic heterocycles. The minimum absolute atomic E-state index is 0.0241. The van der Waals surface area contributed by atoms with Gasteiger partial charge in [-0.2, -0.15) is 10.5 Å². The van der Waals surface area contributed by atoms with E-state index in [1.165, 1.54) is 23.1 Å². The highest BCUT2D eigenvalue weighted by Crippen LogP contribution is 2.37. The molecule has 9 nitrogen and oxygen atoms in total. The molecule has 4 rings (SSSR count). The van der Waals surface area contributed by atoms with E-state index in [0.717, 1.165) is 16.3 Å². The number of esters is 1. The van der Waals surface area contributed by atoms with Crippen LogP contribution in [0.2, 0.25) is 5.02 Å². The van der Waals surface area contributed by atoms with E-state index in [-0.39, 0.29) is 36.1 Å². The maximum Gasteiger partial charge on any atom is 0.323 e. The summed E-state index contributed by atoms with van der Waals surface area (Å²) in [5.74, 6) is 0.518. The Kier molecular flexibility index (Phi) is 10.4. The van der Waals surface area contributed by atoms with E-state index in [0.29, 0.717) is 32.7 Å². The Morgan fingerprint density at radius 2 is 1.69 bits per heavy atom. The summed E-state index contributed by atoms with van der Waals surface area (Å²) in [5.41, 5.74) is 15.1. The van der Waals surface area contributed by atoms with Crippen LogP contribution in [-0.2, 0) is 15.3 Å². The molecule has 214 valence electrons. The topological polar surface area (TPSA) is 161 Å². The number of benzene rings is 2. The van der Waals surface area contributed by atoms with Crippen molar-refractivity contribution in [2.24, 2.45) is 11.7 Å². The Balaban J connectivity index is 1.48. The first-order chi connectivity index (χ1) is 20.2. The van der Waals surface area contributed by atoms with Gasteiger partial charge in [-0.05, 0) is 35.7 Å². The molecule has 0 radical (unpaired) electrons. The standard InChI is InChI=1S/C30H27ClN6O3S2/c1-17(2)26(34)30(38)40-12-11-39-22-9-5-18(6-10-22)25-23(13-32)27(35)37-29(24(25)14-33)42-16-21-15-41-28(36-21)19-3-7-20(31)8-4-19/h3-10,15,17,26H,11-12,16,34H2,1-2H3,(H2,35,37)/t26-/m0/s1. The summed E-state index contributed by atoms with van der Waals surface area (Å²) in [7, 11) is 0. The van der Waals surface area contributed by atoms with Crippen molar-refractivity contribution in [1.82, 2.24) is 9.97 Å². The predicted octanol–water partition coefficient (Wildman–Crippen LogP) is 6.05. The largest absolute Gasteiger partial charge is 0.490 e. The van der Waals surface area contributed by atoms with Gasteiger partial charge in [0.25, 0.3) is 0 Å². The highest BCUT2D eigenvalue weighted by atomic mass is 35.5. The van der Waals surface area contributed by atoms with Crippen molar-refractivity contribution in [3.05, 3.63) is 75.8 Å². The number of anilines is 1. The van der Waals surface area contributed by atoms with Gasteiger partial charge in [0.2, 0.25) is 0 Å². The van der Waals surface area contributed by atoms with Gasteiger partial charge in [0.1, 0.15) is 58.6 Å². The molecular formula is C30H27ClN6O3S2. The number of nitrogen functional groups attached to an aromatic ring is 1. The summed E-state index contributed by atoms with van der Waals surface area (Å²) < 4.78 is 10.8. The zero-order valence-electron chi connectivity index (χ0n) is 22.8. The summed E-state index contributed by atoms with van der Waals surface area (Å²) in [6.07, 6.45) is 0. The van der Waals surface area contributed by atoms with Gasteiger partial charge in [-0.1, -0.05) is 61.5 Å². The zero-order chi connectivity index (χ0) is 30.2. The number of thioether (sulfide) groups is 1. The van der Waals surface area contributed by atoms with Crippen LogP contribution in [0, 0.1) is 28.6 Å². The van der Waals surface area contributed by atoms with E-state index >= 15 is 0 Å². The van der Waals surface area contributed by atoms with E-state index in [1.54, 1.807) is 24.3 Å². The number of hydrogen-bond donors (Lipinski definition) is 2. The number of nitrogens with two attached hydrogens (primary N) is 2. The fourth-order valence-electron chi connectivity index (χ4n) is 3.82. The number of pyridine rings is 1. The van der Waals surface area contributed by atoms with Gasteiger partial charge < -0.3 is 20.9 Å². The number of halogens is 1. The minimum atomic E-state index is -0.683. The first-order valence-electron chi connectivity index (χ1n) is 12.8. The van der Waals surface area contributed by atoms with Crippen molar-refractivity contribution >= 4 is 46.5 Å². The molecule has 2 heterocycles. The molecule has 12 heteroatoms. The number of nitrogens with zero attached hydrogens (tertiary/aromatic N) is 4. The second-order valence-corrected chi connectivity index (χ2v) is 11.7. The number of carbonyl (C=O) groups excluding carboxylic acids is 1. The third kappa shape index (κ3) is 7.38. The normalized spacial score (nSPS) is 11.5. The summed E-state index contributed by atoms with van der Waals surface area (Å²) in [5, 5.41) is 23.8. The summed E-state index contributed by atoms with van der Waals surface area (Å²) in [6.45, 7) is 3.89. The molecule has 0 spiro atoms. The molecule has 0 unspecified atom stereocenters. The summed E-state index contributed by atoms with van der Waals surface area (Å²) in [6, 6.07) is 18.0. The fourth-order valence-corrected chi connectivity index (χ4v) is 5.76. The van der Waals surface area contributed by atoms with Crippen LogP contribution in [-0.4, -0.2) is 35.2 Å². The molecule has 0 aliphatic heterocycles. The van der Waals surface area contributed by atoms with Gasteiger partial charge in [-0.25, -0.2) is 9.97 Å². The summed E-state index contributed by atoms with van der Waals surface area (Å²) in [4.78, 5) is 21.0. The van der Waals surface area contributed by atoms with Gasteiger partial charge in [-0.3, -0.25) is 4.79 Å². The lowest BCUT2D eigenvalue weighted by molar-refractivity contribution is -0.147.